The quantitative estimate of drug-likeness (QED) is 0.644. The third-order valence-corrected chi connectivity index (χ3v) is 2.44. The molecule has 3 nitrogen and oxygen atoms in total. The van der Waals surface area contributed by atoms with Gasteiger partial charge in [0.2, 0.25) is 11.8 Å². The first-order valence-electron chi connectivity index (χ1n) is 4.85. The van der Waals surface area contributed by atoms with Gasteiger partial charge in [-0.15, -0.1) is 0 Å². The number of phenols is 1. The molecule has 0 atom stereocenters. The maximum Gasteiger partial charge on any atom is 0.409 e. The molecule has 0 bridgehead atoms. The molecule has 0 fully saturated rings. The highest BCUT2D eigenvalue weighted by Gasteiger charge is 2.61. The lowest BCUT2D eigenvalue weighted by atomic mass is 10.1. The second-order valence-corrected chi connectivity index (χ2v) is 4.08. The SMILES string of the molecule is O=C(Nc1ccc(O)cc1Cl)C(C(F)(F)F)C(F)(F)F. The van der Waals surface area contributed by atoms with Gasteiger partial charge in [-0.1, -0.05) is 11.6 Å². The molecular formula is C10H6ClF6NO2. The Bertz CT molecular complexity index is 499. The van der Waals surface area contributed by atoms with E-state index in [4.69, 9.17) is 16.7 Å². The van der Waals surface area contributed by atoms with Crippen LogP contribution in [0.1, 0.15) is 0 Å². The summed E-state index contributed by atoms with van der Waals surface area (Å²) < 4.78 is 73.7. The minimum absolute atomic E-state index is 0.365. The monoisotopic (exact) mass is 321 g/mol. The number of anilines is 1. The molecule has 2 N–H and O–H groups in total. The predicted octanol–water partition coefficient (Wildman–Crippen LogP) is 3.72. The minimum atomic E-state index is -5.79. The van der Waals surface area contributed by atoms with Crippen molar-refractivity contribution in [2.24, 2.45) is 5.92 Å². The van der Waals surface area contributed by atoms with Gasteiger partial charge in [0.15, 0.2) is 0 Å². The molecule has 0 saturated carbocycles. The van der Waals surface area contributed by atoms with E-state index in [-0.39, 0.29) is 5.75 Å². The fourth-order valence-electron chi connectivity index (χ4n) is 1.29. The molecule has 1 amide bonds. The van der Waals surface area contributed by atoms with Crippen LogP contribution in [0.2, 0.25) is 5.02 Å². The summed E-state index contributed by atoms with van der Waals surface area (Å²) in [4.78, 5) is 11.2. The van der Waals surface area contributed by atoms with E-state index in [0.29, 0.717) is 0 Å². The summed E-state index contributed by atoms with van der Waals surface area (Å²) in [5.74, 6) is -6.84. The summed E-state index contributed by atoms with van der Waals surface area (Å²) in [6, 6.07) is 2.67. The van der Waals surface area contributed by atoms with E-state index in [1.165, 1.54) is 5.32 Å². The van der Waals surface area contributed by atoms with Gasteiger partial charge in [0.25, 0.3) is 0 Å². The second-order valence-electron chi connectivity index (χ2n) is 3.67. The molecule has 0 aliphatic heterocycles. The van der Waals surface area contributed by atoms with Gasteiger partial charge in [0.05, 0.1) is 10.7 Å². The first-order chi connectivity index (χ1) is 8.93. The molecule has 0 aromatic heterocycles. The number of hydrogen-bond donors (Lipinski definition) is 2. The molecule has 1 rings (SSSR count). The van der Waals surface area contributed by atoms with Crippen molar-refractivity contribution in [1.29, 1.82) is 0 Å². The minimum Gasteiger partial charge on any atom is -0.508 e. The van der Waals surface area contributed by atoms with Crippen LogP contribution in [0.15, 0.2) is 18.2 Å². The van der Waals surface area contributed by atoms with Crippen LogP contribution in [0.3, 0.4) is 0 Å². The highest BCUT2D eigenvalue weighted by atomic mass is 35.5. The predicted molar refractivity (Wildman–Crippen MR) is 57.3 cm³/mol. The largest absolute Gasteiger partial charge is 0.508 e. The van der Waals surface area contributed by atoms with Crippen molar-refractivity contribution in [2.45, 2.75) is 12.4 Å². The van der Waals surface area contributed by atoms with E-state index in [0.717, 1.165) is 18.2 Å². The van der Waals surface area contributed by atoms with Gasteiger partial charge < -0.3 is 10.4 Å². The number of phenolic OH excluding ortho intramolecular Hbond substituents is 1. The van der Waals surface area contributed by atoms with E-state index >= 15 is 0 Å². The normalized spacial score (nSPS) is 12.6. The topological polar surface area (TPSA) is 49.3 Å². The van der Waals surface area contributed by atoms with Crippen molar-refractivity contribution in [1.82, 2.24) is 0 Å². The van der Waals surface area contributed by atoms with Crippen LogP contribution >= 0.6 is 11.6 Å². The standard InChI is InChI=1S/C10H6ClF6NO2/c11-5-3-4(19)1-2-6(5)18-8(20)7(9(12,13)14)10(15,16)17/h1-3,7,19H,(H,18,20). The van der Waals surface area contributed by atoms with Crippen LogP contribution < -0.4 is 5.32 Å². The highest BCUT2D eigenvalue weighted by molar-refractivity contribution is 6.33. The van der Waals surface area contributed by atoms with Crippen LogP contribution in [-0.4, -0.2) is 23.4 Å². The van der Waals surface area contributed by atoms with Crippen molar-refractivity contribution in [3.63, 3.8) is 0 Å². The molecule has 0 unspecified atom stereocenters. The maximum absolute atomic E-state index is 12.3. The molecule has 0 spiro atoms. The Morgan fingerprint density at radius 2 is 1.65 bits per heavy atom. The summed E-state index contributed by atoms with van der Waals surface area (Å²) in [6.45, 7) is 0. The highest BCUT2D eigenvalue weighted by Crippen LogP contribution is 2.40. The van der Waals surface area contributed by atoms with E-state index < -0.39 is 34.9 Å². The van der Waals surface area contributed by atoms with Gasteiger partial charge in [0, 0.05) is 6.07 Å². The molecule has 0 aliphatic rings. The molecular weight excluding hydrogens is 316 g/mol. The van der Waals surface area contributed by atoms with Gasteiger partial charge >= 0.3 is 12.4 Å². The molecule has 1 aromatic carbocycles. The Morgan fingerprint density at radius 1 is 1.15 bits per heavy atom. The number of nitrogens with one attached hydrogen (secondary N) is 1. The Kier molecular flexibility index (Phi) is 4.42. The fourth-order valence-corrected chi connectivity index (χ4v) is 1.52. The van der Waals surface area contributed by atoms with Gasteiger partial charge in [0.1, 0.15) is 5.75 Å². The van der Waals surface area contributed by atoms with E-state index in [9.17, 15) is 31.1 Å². The lowest BCUT2D eigenvalue weighted by Gasteiger charge is -2.22. The van der Waals surface area contributed by atoms with Crippen molar-refractivity contribution in [3.8, 4) is 5.75 Å². The number of aromatic hydroxyl groups is 1. The molecule has 20 heavy (non-hydrogen) atoms. The number of carbonyl (C=O) groups excluding carboxylic acids is 1. The zero-order chi connectivity index (χ0) is 15.7. The first-order valence-corrected chi connectivity index (χ1v) is 5.23. The second kappa shape index (κ2) is 5.39. The third-order valence-electron chi connectivity index (χ3n) is 2.13. The molecule has 0 saturated heterocycles. The summed E-state index contributed by atoms with van der Waals surface area (Å²) in [7, 11) is 0. The van der Waals surface area contributed by atoms with Gasteiger partial charge in [-0.2, -0.15) is 26.3 Å². The molecule has 1 aromatic rings. The number of hydrogen-bond acceptors (Lipinski definition) is 2. The maximum atomic E-state index is 12.3. The summed E-state index contributed by atoms with van der Waals surface area (Å²) in [6.07, 6.45) is -11.6. The Balaban J connectivity index is 3.04. The van der Waals surface area contributed by atoms with Crippen LogP contribution in [-0.2, 0) is 4.79 Å². The van der Waals surface area contributed by atoms with Crippen molar-refractivity contribution >= 4 is 23.2 Å². The number of benzene rings is 1. The first kappa shape index (κ1) is 16.4. The molecule has 0 heterocycles. The van der Waals surface area contributed by atoms with Crippen LogP contribution in [0.4, 0.5) is 32.0 Å². The van der Waals surface area contributed by atoms with Crippen LogP contribution in [0.5, 0.6) is 5.75 Å². The number of amides is 1. The summed E-state index contributed by atoms with van der Waals surface area (Å²) in [5.41, 5.74) is -0.479. The van der Waals surface area contributed by atoms with Gasteiger partial charge in [-0.3, -0.25) is 4.79 Å². The Hall–Kier alpha value is -1.64. The molecule has 0 radical (unpaired) electrons. The number of carbonyl (C=O) groups is 1. The van der Waals surface area contributed by atoms with Crippen LogP contribution in [0.25, 0.3) is 0 Å². The zero-order valence-corrected chi connectivity index (χ0v) is 10.1. The fraction of sp³-hybridized carbons (Fsp3) is 0.300. The number of rotatable bonds is 2. The Morgan fingerprint density at radius 3 is 2.05 bits per heavy atom. The molecule has 0 aliphatic carbocycles. The van der Waals surface area contributed by atoms with E-state index in [1.54, 1.807) is 0 Å². The van der Waals surface area contributed by atoms with Crippen molar-refractivity contribution < 1.29 is 36.2 Å². The average Bonchev–Trinajstić information content (AvgIpc) is 2.17. The third kappa shape index (κ3) is 3.92. The zero-order valence-electron chi connectivity index (χ0n) is 9.31. The van der Waals surface area contributed by atoms with Gasteiger partial charge in [-0.25, -0.2) is 0 Å². The molecule has 10 heteroatoms. The van der Waals surface area contributed by atoms with Crippen molar-refractivity contribution in [3.05, 3.63) is 23.2 Å². The smallest absolute Gasteiger partial charge is 0.409 e. The summed E-state index contributed by atoms with van der Waals surface area (Å²) in [5, 5.41) is 10.0. The lowest BCUT2D eigenvalue weighted by Crippen LogP contribution is -2.45. The van der Waals surface area contributed by atoms with E-state index in [2.05, 4.69) is 0 Å². The lowest BCUT2D eigenvalue weighted by molar-refractivity contribution is -0.272. The van der Waals surface area contributed by atoms with Gasteiger partial charge in [-0.05, 0) is 12.1 Å². The number of halogens is 7. The summed E-state index contributed by atoms with van der Waals surface area (Å²) >= 11 is 5.47. The van der Waals surface area contributed by atoms with E-state index in [1.807, 2.05) is 0 Å². The van der Waals surface area contributed by atoms with Crippen LogP contribution in [0, 0.1) is 5.92 Å². The average molecular weight is 322 g/mol. The molecule has 112 valence electrons. The number of alkyl halides is 6. The van der Waals surface area contributed by atoms with Crippen molar-refractivity contribution in [2.75, 3.05) is 5.32 Å². The Labute approximate surface area is 113 Å².